The maximum atomic E-state index is 13.5. The van der Waals surface area contributed by atoms with Crippen molar-refractivity contribution < 1.29 is 50.3 Å². The standard InChI is InChI=1S/C63H110N2O7.ClH/c1-7-10-13-16-19-22-25-28-31-34-37-40-43-46-49-52-60(67)70-56-63(64-59(66)55-65(4,5)6,57-71-61(68)53-50-47-44-41-38-35-32-29-26-23-20-17-14-11-8-2)58-72-62(69)54-51-48-45-42-39-36-33-30-27-24-21-18-15-12-9-3;/h19-24,28-33H,7-18,25-27,34-58H2,1-6H3;1H/b22-19-,23-20-,24-21-,31-28-,32-29-,33-30-;. The summed E-state index contributed by atoms with van der Waals surface area (Å²) in [6, 6.07) is 0. The quantitative estimate of drug-likeness (QED) is 0.0213. The Hall–Kier alpha value is -3.43. The van der Waals surface area contributed by atoms with Gasteiger partial charge in [0.05, 0.1) is 21.1 Å². The van der Waals surface area contributed by atoms with E-state index in [1.807, 2.05) is 21.1 Å². The molecule has 0 atom stereocenters. The Morgan fingerprint density at radius 2 is 0.616 bits per heavy atom. The molecule has 73 heavy (non-hydrogen) atoms. The van der Waals surface area contributed by atoms with E-state index in [9.17, 15) is 19.2 Å². The molecule has 0 saturated carbocycles. The average Bonchev–Trinajstić information content (AvgIpc) is 3.35. The van der Waals surface area contributed by atoms with Crippen molar-refractivity contribution in [2.45, 2.75) is 257 Å². The molecule has 422 valence electrons. The van der Waals surface area contributed by atoms with Crippen LogP contribution in [0.25, 0.3) is 0 Å². The summed E-state index contributed by atoms with van der Waals surface area (Å²) in [6.07, 6.45) is 63.7. The van der Waals surface area contributed by atoms with E-state index in [0.29, 0.717) is 23.7 Å². The van der Waals surface area contributed by atoms with Gasteiger partial charge in [0.2, 0.25) is 0 Å². The molecular weight excluding hydrogens is 932 g/mol. The molecule has 0 spiro atoms. The summed E-state index contributed by atoms with van der Waals surface area (Å²) in [4.78, 5) is 53.0. The lowest BCUT2D eigenvalue weighted by molar-refractivity contribution is -0.862. The number of carbonyl (C=O) groups is 4. The molecule has 0 bridgehead atoms. The van der Waals surface area contributed by atoms with Crippen LogP contribution < -0.4 is 17.7 Å². The Kier molecular flexibility index (Phi) is 52.4. The zero-order valence-corrected chi connectivity index (χ0v) is 48.7. The molecule has 0 aliphatic heterocycles. The summed E-state index contributed by atoms with van der Waals surface area (Å²) < 4.78 is 17.8. The van der Waals surface area contributed by atoms with Gasteiger partial charge in [0, 0.05) is 19.3 Å². The molecule has 0 saturated heterocycles. The Bertz CT molecular complexity index is 1340. The molecule has 0 aliphatic rings. The van der Waals surface area contributed by atoms with Gasteiger partial charge in [0.25, 0.3) is 5.91 Å². The molecule has 0 unspecified atom stereocenters. The van der Waals surface area contributed by atoms with E-state index in [0.717, 1.165) is 116 Å². The number of rotatable bonds is 51. The fourth-order valence-corrected chi connectivity index (χ4v) is 8.11. The number of allylic oxidation sites excluding steroid dienone is 12. The zero-order valence-electron chi connectivity index (χ0n) is 47.9. The largest absolute Gasteiger partial charge is 1.00 e. The van der Waals surface area contributed by atoms with Crippen molar-refractivity contribution in [1.82, 2.24) is 5.32 Å². The predicted octanol–water partition coefficient (Wildman–Crippen LogP) is 13.6. The first-order chi connectivity index (χ1) is 35.0. The third-order valence-electron chi connectivity index (χ3n) is 12.5. The van der Waals surface area contributed by atoms with Gasteiger partial charge < -0.3 is 36.4 Å². The number of nitrogens with one attached hydrogen (secondary N) is 1. The van der Waals surface area contributed by atoms with Crippen molar-refractivity contribution in [3.63, 3.8) is 0 Å². The highest BCUT2D eigenvalue weighted by atomic mass is 35.5. The summed E-state index contributed by atoms with van der Waals surface area (Å²) in [6.45, 7) is 6.00. The summed E-state index contributed by atoms with van der Waals surface area (Å²) in [5, 5.41) is 3.01. The van der Waals surface area contributed by atoms with E-state index in [2.05, 4.69) is 99.0 Å². The molecule has 0 aromatic heterocycles. The second-order valence-corrected chi connectivity index (χ2v) is 21.2. The van der Waals surface area contributed by atoms with Crippen molar-refractivity contribution in [3.05, 3.63) is 72.9 Å². The highest BCUT2D eigenvalue weighted by molar-refractivity contribution is 5.78. The number of unbranched alkanes of at least 4 members (excludes halogenated alkanes) is 24. The Morgan fingerprint density at radius 1 is 0.370 bits per heavy atom. The summed E-state index contributed by atoms with van der Waals surface area (Å²) in [5.74, 6) is -1.49. The molecule has 1 N–H and O–H groups in total. The van der Waals surface area contributed by atoms with Gasteiger partial charge in [0.15, 0.2) is 6.54 Å². The lowest BCUT2D eigenvalue weighted by Crippen LogP contribution is -3.00. The smallest absolute Gasteiger partial charge is 0.305 e. The minimum absolute atomic E-state index is 0. The van der Waals surface area contributed by atoms with E-state index < -0.39 is 5.54 Å². The molecule has 0 fully saturated rings. The monoisotopic (exact) mass is 1040 g/mol. The van der Waals surface area contributed by atoms with E-state index in [1.165, 1.54) is 77.0 Å². The molecular formula is C63H111ClN2O7. The fraction of sp³-hybridized carbons (Fsp3) is 0.746. The van der Waals surface area contributed by atoms with Gasteiger partial charge in [-0.1, -0.05) is 190 Å². The van der Waals surface area contributed by atoms with Crippen LogP contribution in [0.15, 0.2) is 72.9 Å². The predicted molar refractivity (Wildman–Crippen MR) is 305 cm³/mol. The van der Waals surface area contributed by atoms with E-state index in [1.54, 1.807) is 0 Å². The van der Waals surface area contributed by atoms with Crippen LogP contribution in [-0.2, 0) is 33.4 Å². The normalized spacial score (nSPS) is 12.3. The first kappa shape index (κ1) is 71.6. The Balaban J connectivity index is 0. The molecule has 0 radical (unpaired) electrons. The molecule has 0 aromatic carbocycles. The van der Waals surface area contributed by atoms with Gasteiger partial charge in [-0.2, -0.15) is 0 Å². The first-order valence-electron chi connectivity index (χ1n) is 29.4. The lowest BCUT2D eigenvalue weighted by atomic mass is 10.0. The van der Waals surface area contributed by atoms with Gasteiger partial charge in [-0.25, -0.2) is 0 Å². The molecule has 9 nitrogen and oxygen atoms in total. The number of hydrogen-bond acceptors (Lipinski definition) is 7. The van der Waals surface area contributed by atoms with Crippen molar-refractivity contribution >= 4 is 23.8 Å². The van der Waals surface area contributed by atoms with Crippen LogP contribution in [0.5, 0.6) is 0 Å². The van der Waals surface area contributed by atoms with Crippen LogP contribution in [-0.4, -0.2) is 81.3 Å². The number of quaternary nitrogens is 1. The number of amides is 1. The molecule has 0 heterocycles. The number of halogens is 1. The maximum Gasteiger partial charge on any atom is 0.305 e. The molecule has 0 rings (SSSR count). The zero-order chi connectivity index (χ0) is 52.9. The van der Waals surface area contributed by atoms with Crippen LogP contribution in [0.1, 0.15) is 252 Å². The second-order valence-electron chi connectivity index (χ2n) is 21.2. The molecule has 0 aliphatic carbocycles. The van der Waals surface area contributed by atoms with Crippen molar-refractivity contribution in [2.24, 2.45) is 0 Å². The molecule has 0 aromatic rings. The van der Waals surface area contributed by atoms with Crippen LogP contribution in [0, 0.1) is 0 Å². The topological polar surface area (TPSA) is 108 Å². The highest BCUT2D eigenvalue weighted by Crippen LogP contribution is 2.17. The van der Waals surface area contributed by atoms with E-state index in [-0.39, 0.29) is 81.8 Å². The average molecular weight is 1040 g/mol. The van der Waals surface area contributed by atoms with Crippen molar-refractivity contribution in [3.8, 4) is 0 Å². The first-order valence-corrected chi connectivity index (χ1v) is 29.4. The van der Waals surface area contributed by atoms with E-state index >= 15 is 0 Å². The SMILES string of the molecule is CCCCC/C=C\C/C=C\CCCCCCCC(=O)OCC(COC(=O)CCCCCCC/C=C\C/C=C\CCCCC)(COC(=O)CCCCCCC/C=C\C/C=C\CCCCC)NC(=O)C[N+](C)(C)C.[Cl-]. The number of carbonyl (C=O) groups excluding carboxylic acids is 4. The van der Waals surface area contributed by atoms with Crippen LogP contribution in [0.3, 0.4) is 0 Å². The molecule has 10 heteroatoms. The van der Waals surface area contributed by atoms with E-state index in [4.69, 9.17) is 14.2 Å². The lowest BCUT2D eigenvalue weighted by Gasteiger charge is -2.34. The number of likely N-dealkylation sites (N-methyl/N-ethyl adjacent to an activating group) is 1. The Labute approximate surface area is 455 Å². The van der Waals surface area contributed by atoms with Crippen LogP contribution >= 0.6 is 0 Å². The van der Waals surface area contributed by atoms with Gasteiger partial charge in [-0.15, -0.1) is 0 Å². The van der Waals surface area contributed by atoms with Gasteiger partial charge in [-0.05, 0) is 116 Å². The minimum Gasteiger partial charge on any atom is -1.00 e. The Morgan fingerprint density at radius 3 is 0.877 bits per heavy atom. The highest BCUT2D eigenvalue weighted by Gasteiger charge is 2.38. The van der Waals surface area contributed by atoms with Gasteiger partial charge in [0.1, 0.15) is 25.4 Å². The van der Waals surface area contributed by atoms with Crippen molar-refractivity contribution in [1.29, 1.82) is 0 Å². The number of nitrogens with zero attached hydrogens (tertiary/aromatic N) is 1. The van der Waals surface area contributed by atoms with Gasteiger partial charge in [-0.3, -0.25) is 19.2 Å². The fourth-order valence-electron chi connectivity index (χ4n) is 8.11. The summed E-state index contributed by atoms with van der Waals surface area (Å²) in [5.41, 5.74) is -1.43. The van der Waals surface area contributed by atoms with Gasteiger partial charge >= 0.3 is 17.9 Å². The minimum atomic E-state index is -1.43. The molecule has 1 amide bonds. The van der Waals surface area contributed by atoms with Crippen LogP contribution in [0.4, 0.5) is 0 Å². The van der Waals surface area contributed by atoms with Crippen molar-refractivity contribution in [2.75, 3.05) is 47.5 Å². The third kappa shape index (κ3) is 53.2. The summed E-state index contributed by atoms with van der Waals surface area (Å²) >= 11 is 0. The van der Waals surface area contributed by atoms with Crippen LogP contribution in [0.2, 0.25) is 0 Å². The maximum absolute atomic E-state index is 13.5. The summed E-state index contributed by atoms with van der Waals surface area (Å²) in [7, 11) is 5.72. The third-order valence-corrected chi connectivity index (χ3v) is 12.5. The number of ether oxygens (including phenoxy) is 3. The number of esters is 3. The second kappa shape index (κ2) is 53.4. The number of hydrogen-bond donors (Lipinski definition) is 1.